The number of rotatable bonds is 0. The highest BCUT2D eigenvalue weighted by Crippen LogP contribution is 2.65. The summed E-state index contributed by atoms with van der Waals surface area (Å²) >= 11 is 6.77. The minimum atomic E-state index is -0.715. The summed E-state index contributed by atoms with van der Waals surface area (Å²) in [4.78, 5) is 24.4. The van der Waals surface area contributed by atoms with Crippen LogP contribution >= 0.6 is 31.9 Å². The highest BCUT2D eigenvalue weighted by molar-refractivity contribution is 9.12. The maximum absolute atomic E-state index is 12.2. The lowest BCUT2D eigenvalue weighted by Crippen LogP contribution is -2.53. The van der Waals surface area contributed by atoms with Crippen LogP contribution in [0, 0.1) is 17.3 Å². The summed E-state index contributed by atoms with van der Waals surface area (Å²) in [6.07, 6.45) is 6.48. The number of fused-ring (bicyclic) bond motifs is 5. The third-order valence-corrected chi connectivity index (χ3v) is 6.60. The quantitative estimate of drug-likeness (QED) is 0.499. The van der Waals surface area contributed by atoms with Gasteiger partial charge in [-0.3, -0.25) is 9.59 Å². The molecule has 84 valence electrons. The molecule has 16 heavy (non-hydrogen) atoms. The molecule has 3 aliphatic carbocycles. The van der Waals surface area contributed by atoms with Gasteiger partial charge in [0, 0.05) is 11.5 Å². The van der Waals surface area contributed by atoms with Crippen molar-refractivity contribution >= 4 is 43.4 Å². The molecule has 0 N–H and O–H groups in total. The second-order valence-electron chi connectivity index (χ2n) is 5.05. The first-order valence-corrected chi connectivity index (χ1v) is 6.83. The molecule has 1 saturated carbocycles. The van der Waals surface area contributed by atoms with Crippen LogP contribution in [0.4, 0.5) is 0 Å². The van der Waals surface area contributed by atoms with Crippen molar-refractivity contribution in [1.82, 2.24) is 0 Å². The number of hydrogen-bond donors (Lipinski definition) is 0. The molecule has 0 spiro atoms. The van der Waals surface area contributed by atoms with Crippen molar-refractivity contribution in [3.63, 3.8) is 0 Å². The minimum absolute atomic E-state index is 0.0123. The third kappa shape index (κ3) is 0.986. The van der Waals surface area contributed by atoms with E-state index in [-0.39, 0.29) is 28.8 Å². The Labute approximate surface area is 110 Å². The van der Waals surface area contributed by atoms with E-state index in [4.69, 9.17) is 0 Å². The molecule has 0 aromatic rings. The lowest BCUT2D eigenvalue weighted by Gasteiger charge is -2.42. The van der Waals surface area contributed by atoms with Crippen molar-refractivity contribution in [2.75, 3.05) is 0 Å². The summed E-state index contributed by atoms with van der Waals surface area (Å²) in [6, 6.07) is 0. The van der Waals surface area contributed by atoms with E-state index >= 15 is 0 Å². The summed E-state index contributed by atoms with van der Waals surface area (Å²) in [6.45, 7) is 2.05. The average Bonchev–Trinajstić information content (AvgIpc) is 2.68. The molecule has 0 unspecified atom stereocenters. The Morgan fingerprint density at radius 3 is 2.81 bits per heavy atom. The maximum Gasteiger partial charge on any atom is 0.175 e. The Kier molecular flexibility index (Phi) is 2.02. The first kappa shape index (κ1) is 10.9. The predicted octanol–water partition coefficient (Wildman–Crippen LogP) is 2.76. The molecule has 0 aromatic heterocycles. The largest absolute Gasteiger partial charge is 0.293 e. The molecule has 0 amide bonds. The van der Waals surface area contributed by atoms with Crippen molar-refractivity contribution in [2.45, 2.75) is 17.7 Å². The lowest BCUT2D eigenvalue weighted by molar-refractivity contribution is -0.128. The molecule has 0 radical (unpaired) electrons. The minimum Gasteiger partial charge on any atom is -0.293 e. The number of hydrogen-bond acceptors (Lipinski definition) is 2. The van der Waals surface area contributed by atoms with E-state index in [1.165, 1.54) is 6.08 Å². The van der Waals surface area contributed by atoms with E-state index in [1.807, 2.05) is 0 Å². The van der Waals surface area contributed by atoms with Gasteiger partial charge >= 0.3 is 0 Å². The molecule has 0 saturated heterocycles. The monoisotopic (exact) mass is 344 g/mol. The molecule has 0 aromatic carbocycles. The second-order valence-corrected chi connectivity index (χ2v) is 7.16. The van der Waals surface area contributed by atoms with Crippen LogP contribution in [-0.4, -0.2) is 15.9 Å². The van der Waals surface area contributed by atoms with Crippen LogP contribution in [0.1, 0.15) is 13.3 Å². The first-order valence-electron chi connectivity index (χ1n) is 5.24. The molecule has 4 heteroatoms. The Balaban J connectivity index is 2.24. The van der Waals surface area contributed by atoms with Gasteiger partial charge in [-0.2, -0.15) is 0 Å². The summed E-state index contributed by atoms with van der Waals surface area (Å²) in [7, 11) is 0. The van der Waals surface area contributed by atoms with Crippen molar-refractivity contribution in [2.24, 2.45) is 17.3 Å². The van der Waals surface area contributed by atoms with Crippen molar-refractivity contribution in [1.29, 1.82) is 0 Å². The number of allylic oxidation sites excluding steroid dienone is 4. The molecular weight excluding hydrogens is 336 g/mol. The van der Waals surface area contributed by atoms with Gasteiger partial charge in [-0.25, -0.2) is 0 Å². The summed E-state index contributed by atoms with van der Waals surface area (Å²) in [5.74, 6) is 0.0179. The average molecular weight is 346 g/mol. The fourth-order valence-corrected chi connectivity index (χ4v) is 4.77. The fraction of sp³-hybridized carbons (Fsp3) is 0.500. The fourth-order valence-electron chi connectivity index (χ4n) is 3.36. The lowest BCUT2D eigenvalue weighted by atomic mass is 9.68. The number of carbonyl (C=O) groups excluding carboxylic acids is 2. The topological polar surface area (TPSA) is 34.1 Å². The molecule has 1 fully saturated rings. The summed E-state index contributed by atoms with van der Waals surface area (Å²) in [5, 5.41) is 0. The zero-order valence-electron chi connectivity index (χ0n) is 8.67. The molecule has 0 aliphatic heterocycles. The first-order chi connectivity index (χ1) is 7.40. The summed E-state index contributed by atoms with van der Waals surface area (Å²) < 4.78 is -0.296. The van der Waals surface area contributed by atoms with E-state index in [1.54, 1.807) is 0 Å². The molecule has 3 aliphatic rings. The highest BCUT2D eigenvalue weighted by atomic mass is 79.9. The Bertz CT molecular complexity index is 479. The Morgan fingerprint density at radius 2 is 2.12 bits per heavy atom. The van der Waals surface area contributed by atoms with Crippen LogP contribution in [0.25, 0.3) is 0 Å². The van der Waals surface area contributed by atoms with Gasteiger partial charge in [0.25, 0.3) is 0 Å². The van der Waals surface area contributed by atoms with Gasteiger partial charge in [0.1, 0.15) is 4.32 Å². The third-order valence-electron chi connectivity index (χ3n) is 4.19. The number of Topliss-reactive ketones (excluding diaryl/α,β-unsaturated/α-hetero) is 1. The van der Waals surface area contributed by atoms with Gasteiger partial charge in [-0.1, -0.05) is 35.0 Å². The smallest absolute Gasteiger partial charge is 0.175 e. The zero-order chi connectivity index (χ0) is 11.7. The second kappa shape index (κ2) is 2.96. The van der Waals surface area contributed by atoms with Crippen LogP contribution in [-0.2, 0) is 9.59 Å². The van der Waals surface area contributed by atoms with Gasteiger partial charge in [0.2, 0.25) is 0 Å². The molecule has 2 bridgehead atoms. The maximum atomic E-state index is 12.2. The highest BCUT2D eigenvalue weighted by Gasteiger charge is 2.68. The van der Waals surface area contributed by atoms with E-state index in [9.17, 15) is 9.59 Å². The number of ketones is 2. The summed E-state index contributed by atoms with van der Waals surface area (Å²) in [5.41, 5.74) is -0.223. The predicted molar refractivity (Wildman–Crippen MR) is 67.5 cm³/mol. The van der Waals surface area contributed by atoms with Crippen LogP contribution in [0.3, 0.4) is 0 Å². The Hall–Kier alpha value is -0.220. The SMILES string of the molecule is C[C@@]12C=C[C@@H](C1)[C@@H]1C(=O)C(Br)=CC(=O)[C@@]12Br. The van der Waals surface area contributed by atoms with Gasteiger partial charge in [0.05, 0.1) is 10.4 Å². The van der Waals surface area contributed by atoms with Gasteiger partial charge in [-0.05, 0) is 28.3 Å². The van der Waals surface area contributed by atoms with Crippen molar-refractivity contribution < 1.29 is 9.59 Å². The van der Waals surface area contributed by atoms with Crippen LogP contribution in [0.5, 0.6) is 0 Å². The van der Waals surface area contributed by atoms with E-state index in [0.717, 1.165) is 6.42 Å². The molecule has 2 nitrogen and oxygen atoms in total. The zero-order valence-corrected chi connectivity index (χ0v) is 11.8. The van der Waals surface area contributed by atoms with Crippen LogP contribution < -0.4 is 0 Å². The van der Waals surface area contributed by atoms with Crippen molar-refractivity contribution in [3.05, 3.63) is 22.7 Å². The Morgan fingerprint density at radius 1 is 1.44 bits per heavy atom. The molecule has 4 atom stereocenters. The number of halogens is 2. The molecule has 0 heterocycles. The van der Waals surface area contributed by atoms with Gasteiger partial charge in [0.15, 0.2) is 11.6 Å². The number of alkyl halides is 1. The van der Waals surface area contributed by atoms with E-state index < -0.39 is 4.32 Å². The van der Waals surface area contributed by atoms with E-state index in [2.05, 4.69) is 50.9 Å². The van der Waals surface area contributed by atoms with Gasteiger partial charge < -0.3 is 0 Å². The number of carbonyl (C=O) groups is 2. The van der Waals surface area contributed by atoms with Crippen molar-refractivity contribution in [3.8, 4) is 0 Å². The van der Waals surface area contributed by atoms with Crippen LogP contribution in [0.15, 0.2) is 22.7 Å². The molecular formula is C12H10Br2O2. The van der Waals surface area contributed by atoms with Crippen LogP contribution in [0.2, 0.25) is 0 Å². The normalized spacial score (nSPS) is 49.6. The van der Waals surface area contributed by atoms with Gasteiger partial charge in [-0.15, -0.1) is 0 Å². The standard InChI is InChI=1S/C12H10Br2O2/c1-11-3-2-6(5-11)9-10(16)7(13)4-8(15)12(9,11)14/h2-4,6,9H,5H2,1H3/t6-,9+,11+,12+/m0/s1. The van der Waals surface area contributed by atoms with E-state index in [0.29, 0.717) is 4.48 Å². The molecule has 3 rings (SSSR count).